The first-order valence-corrected chi connectivity index (χ1v) is 6.42. The van der Waals surface area contributed by atoms with Crippen LogP contribution in [0.2, 0.25) is 0 Å². The van der Waals surface area contributed by atoms with Crippen molar-refractivity contribution in [1.82, 2.24) is 5.32 Å². The molecule has 1 aliphatic rings. The van der Waals surface area contributed by atoms with Gasteiger partial charge in [-0.1, -0.05) is 27.2 Å². The molecule has 0 aromatic carbocycles. The second-order valence-corrected chi connectivity index (χ2v) is 5.69. The fourth-order valence-electron chi connectivity index (χ4n) is 2.76. The van der Waals surface area contributed by atoms with Crippen molar-refractivity contribution in [2.75, 3.05) is 6.54 Å². The highest BCUT2D eigenvalue weighted by Gasteiger charge is 2.30. The monoisotopic (exact) mass is 213 g/mol. The van der Waals surface area contributed by atoms with Gasteiger partial charge in [0.1, 0.15) is 0 Å². The molecule has 1 fully saturated rings. The molecule has 1 rings (SSSR count). The summed E-state index contributed by atoms with van der Waals surface area (Å²) in [5.74, 6) is 2.38. The van der Waals surface area contributed by atoms with Gasteiger partial charge in [-0.3, -0.25) is 0 Å². The molecule has 2 heteroatoms. The number of rotatable bonds is 4. The molecule has 1 saturated carbocycles. The highest BCUT2D eigenvalue weighted by atomic mass is 16.3. The molecular weight excluding hydrogens is 186 g/mol. The minimum atomic E-state index is -0.227. The van der Waals surface area contributed by atoms with Crippen molar-refractivity contribution >= 4 is 0 Å². The van der Waals surface area contributed by atoms with Crippen LogP contribution in [0.25, 0.3) is 0 Å². The zero-order valence-electron chi connectivity index (χ0n) is 10.7. The van der Waals surface area contributed by atoms with E-state index in [1.54, 1.807) is 0 Å². The molecule has 4 atom stereocenters. The van der Waals surface area contributed by atoms with E-state index in [9.17, 15) is 5.11 Å². The van der Waals surface area contributed by atoms with Crippen LogP contribution in [0.1, 0.15) is 47.0 Å². The molecule has 2 nitrogen and oxygen atoms in total. The van der Waals surface area contributed by atoms with Crippen LogP contribution < -0.4 is 5.32 Å². The van der Waals surface area contributed by atoms with E-state index in [1.165, 1.54) is 19.3 Å². The van der Waals surface area contributed by atoms with Gasteiger partial charge in [0.05, 0.1) is 6.10 Å². The summed E-state index contributed by atoms with van der Waals surface area (Å²) in [6.45, 7) is 9.56. The van der Waals surface area contributed by atoms with E-state index in [0.29, 0.717) is 6.04 Å². The lowest BCUT2D eigenvalue weighted by Crippen LogP contribution is -2.45. The van der Waals surface area contributed by atoms with E-state index >= 15 is 0 Å². The van der Waals surface area contributed by atoms with Crippen LogP contribution in [0.5, 0.6) is 0 Å². The lowest BCUT2D eigenvalue weighted by atomic mass is 9.74. The highest BCUT2D eigenvalue weighted by Crippen LogP contribution is 2.33. The number of nitrogens with one attached hydrogen (secondary N) is 1. The van der Waals surface area contributed by atoms with Gasteiger partial charge in [0.25, 0.3) is 0 Å². The standard InChI is InChI=1S/C13H27NO/c1-9(2)12-6-5-10(3)7-13(12)14-8-11(4)15/h9-15H,5-8H2,1-4H3/t10-,11+,12+,13+/m0/s1. The Balaban J connectivity index is 2.46. The predicted molar refractivity (Wildman–Crippen MR) is 64.8 cm³/mol. The molecule has 0 unspecified atom stereocenters. The minimum absolute atomic E-state index is 0.227. The van der Waals surface area contributed by atoms with E-state index in [1.807, 2.05) is 6.92 Å². The highest BCUT2D eigenvalue weighted by molar-refractivity contribution is 4.85. The van der Waals surface area contributed by atoms with E-state index in [0.717, 1.165) is 24.3 Å². The van der Waals surface area contributed by atoms with Gasteiger partial charge >= 0.3 is 0 Å². The Bertz CT molecular complexity index is 179. The van der Waals surface area contributed by atoms with E-state index in [4.69, 9.17) is 0 Å². The molecule has 0 aromatic rings. The van der Waals surface area contributed by atoms with Crippen molar-refractivity contribution in [3.63, 3.8) is 0 Å². The second-order valence-electron chi connectivity index (χ2n) is 5.69. The van der Waals surface area contributed by atoms with E-state index in [2.05, 4.69) is 26.1 Å². The molecule has 90 valence electrons. The molecule has 2 N–H and O–H groups in total. The maximum atomic E-state index is 9.31. The van der Waals surface area contributed by atoms with Gasteiger partial charge in [-0.2, -0.15) is 0 Å². The first-order chi connectivity index (χ1) is 7.00. The van der Waals surface area contributed by atoms with Crippen molar-refractivity contribution in [1.29, 1.82) is 0 Å². The van der Waals surface area contributed by atoms with Crippen molar-refractivity contribution in [3.8, 4) is 0 Å². The van der Waals surface area contributed by atoms with Gasteiger partial charge in [0.2, 0.25) is 0 Å². The smallest absolute Gasteiger partial charge is 0.0636 e. The van der Waals surface area contributed by atoms with Crippen molar-refractivity contribution in [2.24, 2.45) is 17.8 Å². The molecule has 0 bridgehead atoms. The summed E-state index contributed by atoms with van der Waals surface area (Å²) in [5.41, 5.74) is 0. The lowest BCUT2D eigenvalue weighted by Gasteiger charge is -2.38. The Morgan fingerprint density at radius 2 is 1.93 bits per heavy atom. The van der Waals surface area contributed by atoms with Gasteiger partial charge in [-0.25, -0.2) is 0 Å². The third-order valence-electron chi connectivity index (χ3n) is 3.70. The third kappa shape index (κ3) is 4.12. The maximum absolute atomic E-state index is 9.31. The number of aliphatic hydroxyl groups excluding tert-OH is 1. The molecule has 0 aliphatic heterocycles. The average molecular weight is 213 g/mol. The van der Waals surface area contributed by atoms with Gasteiger partial charge in [0.15, 0.2) is 0 Å². The Hall–Kier alpha value is -0.0800. The number of hydrogen-bond donors (Lipinski definition) is 2. The summed E-state index contributed by atoms with van der Waals surface area (Å²) in [4.78, 5) is 0. The van der Waals surface area contributed by atoms with Gasteiger partial charge < -0.3 is 10.4 Å². The molecule has 15 heavy (non-hydrogen) atoms. The largest absolute Gasteiger partial charge is 0.392 e. The van der Waals surface area contributed by atoms with Crippen LogP contribution in [-0.4, -0.2) is 23.8 Å². The van der Waals surface area contributed by atoms with E-state index in [-0.39, 0.29) is 6.10 Å². The zero-order valence-corrected chi connectivity index (χ0v) is 10.7. The molecule has 0 amide bonds. The Morgan fingerprint density at radius 3 is 2.47 bits per heavy atom. The van der Waals surface area contributed by atoms with E-state index < -0.39 is 0 Å². The average Bonchev–Trinajstić information content (AvgIpc) is 2.14. The van der Waals surface area contributed by atoms with Crippen LogP contribution in [-0.2, 0) is 0 Å². The molecular formula is C13H27NO. The summed E-state index contributed by atoms with van der Waals surface area (Å²) in [5, 5.41) is 12.8. The Labute approximate surface area is 94.5 Å². The van der Waals surface area contributed by atoms with Crippen LogP contribution in [0.3, 0.4) is 0 Å². The fourth-order valence-corrected chi connectivity index (χ4v) is 2.76. The number of hydrogen-bond acceptors (Lipinski definition) is 2. The second kappa shape index (κ2) is 5.86. The minimum Gasteiger partial charge on any atom is -0.392 e. The summed E-state index contributed by atoms with van der Waals surface area (Å²) in [6.07, 6.45) is 3.76. The van der Waals surface area contributed by atoms with Gasteiger partial charge in [-0.15, -0.1) is 0 Å². The van der Waals surface area contributed by atoms with Gasteiger partial charge in [-0.05, 0) is 37.5 Å². The zero-order chi connectivity index (χ0) is 11.4. The summed E-state index contributed by atoms with van der Waals surface area (Å²) >= 11 is 0. The van der Waals surface area contributed by atoms with Crippen LogP contribution >= 0.6 is 0 Å². The molecule has 0 radical (unpaired) electrons. The number of aliphatic hydroxyl groups is 1. The van der Waals surface area contributed by atoms with Crippen molar-refractivity contribution < 1.29 is 5.11 Å². The molecule has 0 aromatic heterocycles. The van der Waals surface area contributed by atoms with Crippen LogP contribution in [0, 0.1) is 17.8 Å². The quantitative estimate of drug-likeness (QED) is 0.751. The van der Waals surface area contributed by atoms with Crippen LogP contribution in [0.15, 0.2) is 0 Å². The normalized spacial score (nSPS) is 34.4. The third-order valence-corrected chi connectivity index (χ3v) is 3.70. The SMILES string of the molecule is CC(C)[C@H]1CC[C@H](C)C[C@H]1NC[C@@H](C)O. The fraction of sp³-hybridized carbons (Fsp3) is 1.00. The Morgan fingerprint density at radius 1 is 1.27 bits per heavy atom. The van der Waals surface area contributed by atoms with Crippen molar-refractivity contribution in [3.05, 3.63) is 0 Å². The molecule has 0 spiro atoms. The first-order valence-electron chi connectivity index (χ1n) is 6.42. The van der Waals surface area contributed by atoms with Gasteiger partial charge in [0, 0.05) is 12.6 Å². The molecule has 0 heterocycles. The van der Waals surface area contributed by atoms with Crippen molar-refractivity contribution in [2.45, 2.75) is 59.1 Å². The summed E-state index contributed by atoms with van der Waals surface area (Å²) < 4.78 is 0. The predicted octanol–water partition coefficient (Wildman–Crippen LogP) is 2.42. The summed E-state index contributed by atoms with van der Waals surface area (Å²) in [6, 6.07) is 0.614. The molecule has 0 saturated heterocycles. The first kappa shape index (κ1) is 13.0. The molecule has 1 aliphatic carbocycles. The Kier molecular flexibility index (Phi) is 5.07. The maximum Gasteiger partial charge on any atom is 0.0636 e. The van der Waals surface area contributed by atoms with Crippen LogP contribution in [0.4, 0.5) is 0 Å². The topological polar surface area (TPSA) is 32.3 Å². The lowest BCUT2D eigenvalue weighted by molar-refractivity contribution is 0.138. The summed E-state index contributed by atoms with van der Waals surface area (Å²) in [7, 11) is 0.